The van der Waals surface area contributed by atoms with Crippen LogP contribution in [0.25, 0.3) is 0 Å². The minimum atomic E-state index is -1.07. The normalized spacial score (nSPS) is 12.5. The molecule has 42 heavy (non-hydrogen) atoms. The lowest BCUT2D eigenvalue weighted by Gasteiger charge is -2.35. The summed E-state index contributed by atoms with van der Waals surface area (Å²) in [6, 6.07) is 19.6. The van der Waals surface area contributed by atoms with Crippen molar-refractivity contribution >= 4 is 17.9 Å². The molecular formula is C34H41N3O5. The molecule has 0 bridgehead atoms. The van der Waals surface area contributed by atoms with Crippen LogP contribution in [0, 0.1) is 13.8 Å². The zero-order valence-electron chi connectivity index (χ0n) is 25.0. The van der Waals surface area contributed by atoms with Crippen molar-refractivity contribution in [3.63, 3.8) is 0 Å². The molecule has 2 unspecified atom stereocenters. The highest BCUT2D eigenvalue weighted by atomic mass is 16.6. The number of carbonyl (C=O) groups excluding carboxylic acids is 3. The first kappa shape index (κ1) is 31.9. The predicted octanol–water partition coefficient (Wildman–Crippen LogP) is 5.52. The fraction of sp³-hybridized carbons (Fsp3) is 0.324. The van der Waals surface area contributed by atoms with Crippen molar-refractivity contribution in [3.8, 4) is 5.75 Å². The monoisotopic (exact) mass is 571 g/mol. The van der Waals surface area contributed by atoms with Crippen LogP contribution in [0.4, 0.5) is 4.79 Å². The predicted molar refractivity (Wildman–Crippen MR) is 164 cm³/mol. The van der Waals surface area contributed by atoms with E-state index in [1.165, 1.54) is 17.0 Å². The van der Waals surface area contributed by atoms with E-state index >= 15 is 0 Å². The molecule has 0 aromatic heterocycles. The van der Waals surface area contributed by atoms with Gasteiger partial charge >= 0.3 is 6.09 Å². The molecule has 0 aliphatic heterocycles. The number of benzene rings is 3. The Morgan fingerprint density at radius 2 is 1.55 bits per heavy atom. The number of hydrogen-bond acceptors (Lipinski definition) is 5. The number of nitrogens with zero attached hydrogens (tertiary/aromatic N) is 1. The zero-order valence-corrected chi connectivity index (χ0v) is 25.0. The standard InChI is InChI=1S/C34H41N3O5/c1-7-20-37(32(40)28(36-33(41)42-34(4,5)6)21-25-16-18-27(38)19-17-25)30(29-23(2)12-11-13-24(29)3)31(39)35-22-26-14-9-8-10-15-26/h7-19,28,30,38H,1,20-22H2,2-6H3,(H,35,39)(H,36,41). The van der Waals surface area contributed by atoms with Crippen LogP contribution < -0.4 is 10.6 Å². The van der Waals surface area contributed by atoms with E-state index in [4.69, 9.17) is 4.74 Å². The average Bonchev–Trinajstić information content (AvgIpc) is 2.93. The van der Waals surface area contributed by atoms with Gasteiger partial charge in [0, 0.05) is 19.5 Å². The summed E-state index contributed by atoms with van der Waals surface area (Å²) in [4.78, 5) is 42.7. The number of phenols is 1. The molecule has 2 atom stereocenters. The van der Waals surface area contributed by atoms with Crippen molar-refractivity contribution in [2.75, 3.05) is 6.54 Å². The Bertz CT molecular complexity index is 1360. The van der Waals surface area contributed by atoms with Crippen LogP contribution >= 0.6 is 0 Å². The lowest BCUT2D eigenvalue weighted by atomic mass is 9.93. The van der Waals surface area contributed by atoms with Gasteiger partial charge in [0.2, 0.25) is 11.8 Å². The van der Waals surface area contributed by atoms with Gasteiger partial charge in [-0.05, 0) is 74.6 Å². The smallest absolute Gasteiger partial charge is 0.408 e. The van der Waals surface area contributed by atoms with Gasteiger partial charge in [-0.3, -0.25) is 9.59 Å². The Labute approximate surface area is 248 Å². The number of ether oxygens (including phenoxy) is 1. The second-order valence-corrected chi connectivity index (χ2v) is 11.3. The second kappa shape index (κ2) is 14.3. The number of amides is 3. The van der Waals surface area contributed by atoms with Gasteiger partial charge < -0.3 is 25.4 Å². The first-order valence-electron chi connectivity index (χ1n) is 14.0. The summed E-state index contributed by atoms with van der Waals surface area (Å²) in [6.45, 7) is 13.2. The van der Waals surface area contributed by atoms with Crippen molar-refractivity contribution in [2.45, 2.75) is 65.3 Å². The Hall–Kier alpha value is -4.59. The number of carbonyl (C=O) groups is 3. The van der Waals surface area contributed by atoms with Gasteiger partial charge in [-0.2, -0.15) is 0 Å². The van der Waals surface area contributed by atoms with E-state index < -0.39 is 29.7 Å². The molecule has 0 aliphatic rings. The van der Waals surface area contributed by atoms with E-state index in [0.717, 1.165) is 16.7 Å². The highest BCUT2D eigenvalue weighted by molar-refractivity contribution is 5.93. The maximum absolute atomic E-state index is 14.4. The lowest BCUT2D eigenvalue weighted by molar-refractivity contribution is -0.142. The molecule has 3 rings (SSSR count). The summed E-state index contributed by atoms with van der Waals surface area (Å²) in [6.07, 6.45) is 0.917. The quantitative estimate of drug-likeness (QED) is 0.263. The number of hydrogen-bond donors (Lipinski definition) is 3. The van der Waals surface area contributed by atoms with E-state index in [0.29, 0.717) is 11.1 Å². The van der Waals surface area contributed by atoms with Gasteiger partial charge in [0.05, 0.1) is 0 Å². The van der Waals surface area contributed by atoms with Crippen molar-refractivity contribution in [3.05, 3.63) is 113 Å². The van der Waals surface area contributed by atoms with E-state index in [9.17, 15) is 19.5 Å². The molecule has 8 heteroatoms. The Kier molecular flexibility index (Phi) is 10.9. The molecule has 0 spiro atoms. The minimum Gasteiger partial charge on any atom is -0.508 e. The molecule has 8 nitrogen and oxygen atoms in total. The van der Waals surface area contributed by atoms with Gasteiger partial charge in [-0.25, -0.2) is 4.79 Å². The average molecular weight is 572 g/mol. The fourth-order valence-electron chi connectivity index (χ4n) is 4.75. The Morgan fingerprint density at radius 1 is 0.929 bits per heavy atom. The molecule has 3 N–H and O–H groups in total. The van der Waals surface area contributed by atoms with E-state index in [1.807, 2.05) is 62.4 Å². The van der Waals surface area contributed by atoms with Gasteiger partial charge in [0.15, 0.2) is 0 Å². The third-order valence-corrected chi connectivity index (χ3v) is 6.66. The second-order valence-electron chi connectivity index (χ2n) is 11.3. The van der Waals surface area contributed by atoms with Gasteiger partial charge in [0.25, 0.3) is 0 Å². The summed E-state index contributed by atoms with van der Waals surface area (Å²) in [5.41, 5.74) is 3.26. The maximum atomic E-state index is 14.4. The number of nitrogens with one attached hydrogen (secondary N) is 2. The molecule has 3 aromatic rings. The largest absolute Gasteiger partial charge is 0.508 e. The van der Waals surface area contributed by atoms with Crippen molar-refractivity contribution in [1.82, 2.24) is 15.5 Å². The summed E-state index contributed by atoms with van der Waals surface area (Å²) < 4.78 is 5.47. The molecule has 0 saturated heterocycles. The van der Waals surface area contributed by atoms with Crippen LogP contribution in [0.3, 0.4) is 0 Å². The van der Waals surface area contributed by atoms with Crippen LogP contribution in [0.1, 0.15) is 54.6 Å². The van der Waals surface area contributed by atoms with Crippen LogP contribution in [0.2, 0.25) is 0 Å². The highest BCUT2D eigenvalue weighted by Crippen LogP contribution is 2.29. The minimum absolute atomic E-state index is 0.0537. The summed E-state index contributed by atoms with van der Waals surface area (Å²) in [7, 11) is 0. The Balaban J connectivity index is 2.04. The molecule has 3 aromatic carbocycles. The van der Waals surface area contributed by atoms with Crippen molar-refractivity contribution in [1.29, 1.82) is 0 Å². The van der Waals surface area contributed by atoms with Gasteiger partial charge in [-0.15, -0.1) is 6.58 Å². The Morgan fingerprint density at radius 3 is 2.12 bits per heavy atom. The lowest BCUT2D eigenvalue weighted by Crippen LogP contribution is -2.54. The third-order valence-electron chi connectivity index (χ3n) is 6.66. The van der Waals surface area contributed by atoms with Crippen LogP contribution in [0.5, 0.6) is 5.75 Å². The van der Waals surface area contributed by atoms with E-state index in [2.05, 4.69) is 17.2 Å². The molecule has 0 heterocycles. The topological polar surface area (TPSA) is 108 Å². The van der Waals surface area contributed by atoms with E-state index in [1.54, 1.807) is 39.0 Å². The summed E-state index contributed by atoms with van der Waals surface area (Å²) >= 11 is 0. The van der Waals surface area contributed by atoms with Crippen molar-refractivity contribution < 1.29 is 24.2 Å². The molecule has 0 aliphatic carbocycles. The van der Waals surface area contributed by atoms with Crippen LogP contribution in [-0.4, -0.2) is 46.1 Å². The zero-order chi connectivity index (χ0) is 30.9. The molecule has 0 radical (unpaired) electrons. The number of phenolic OH excluding ortho intramolecular Hbond substituents is 1. The van der Waals surface area contributed by atoms with Crippen LogP contribution in [0.15, 0.2) is 85.5 Å². The van der Waals surface area contributed by atoms with Gasteiger partial charge in [0.1, 0.15) is 23.4 Å². The van der Waals surface area contributed by atoms with E-state index in [-0.39, 0.29) is 31.2 Å². The molecular weight excluding hydrogens is 530 g/mol. The highest BCUT2D eigenvalue weighted by Gasteiger charge is 2.37. The first-order chi connectivity index (χ1) is 19.9. The fourth-order valence-corrected chi connectivity index (χ4v) is 4.75. The molecule has 222 valence electrons. The number of rotatable bonds is 11. The molecule has 3 amide bonds. The molecule has 0 fully saturated rings. The van der Waals surface area contributed by atoms with Gasteiger partial charge in [-0.1, -0.05) is 66.7 Å². The number of aromatic hydroxyl groups is 1. The van der Waals surface area contributed by atoms with Crippen molar-refractivity contribution in [2.24, 2.45) is 0 Å². The summed E-state index contributed by atoms with van der Waals surface area (Å²) in [5.74, 6) is -0.747. The SMILES string of the molecule is C=CCN(C(=O)C(Cc1ccc(O)cc1)NC(=O)OC(C)(C)C)C(C(=O)NCc1ccccc1)c1c(C)cccc1C. The number of alkyl carbamates (subject to hydrolysis) is 1. The summed E-state index contributed by atoms with van der Waals surface area (Å²) in [5, 5.41) is 15.5. The van der Waals surface area contributed by atoms with Crippen LogP contribution in [-0.2, 0) is 27.3 Å². The maximum Gasteiger partial charge on any atom is 0.408 e. The molecule has 0 saturated carbocycles. The first-order valence-corrected chi connectivity index (χ1v) is 14.0. The third kappa shape index (κ3) is 8.96. The number of aryl methyl sites for hydroxylation is 2.